The summed E-state index contributed by atoms with van der Waals surface area (Å²) in [5.41, 5.74) is 6.06. The zero-order valence-corrected chi connectivity index (χ0v) is 12.2. The molecule has 1 aromatic carbocycles. The molecule has 21 heavy (non-hydrogen) atoms. The Hall–Kier alpha value is -2.08. The Labute approximate surface area is 124 Å². The topological polar surface area (TPSA) is 102 Å². The lowest BCUT2D eigenvalue weighted by Gasteiger charge is -2.10. The van der Waals surface area contributed by atoms with Crippen LogP contribution in [0.2, 0.25) is 0 Å². The number of nitrogens with one attached hydrogen (secondary N) is 1. The van der Waals surface area contributed by atoms with Gasteiger partial charge in [0.05, 0.1) is 0 Å². The number of hydrogen-bond acceptors (Lipinski definition) is 4. The molecule has 0 saturated heterocycles. The summed E-state index contributed by atoms with van der Waals surface area (Å²) < 4.78 is 5.06. The van der Waals surface area contributed by atoms with Gasteiger partial charge >= 0.3 is 5.97 Å². The SMILES string of the molecule is CC(CCN)CCC(=O)Nc1cccc(OCC(=O)O)c1. The van der Waals surface area contributed by atoms with Crippen molar-refractivity contribution in [3.05, 3.63) is 24.3 Å². The average Bonchev–Trinajstić information content (AvgIpc) is 2.44. The Morgan fingerprint density at radius 3 is 2.81 bits per heavy atom. The van der Waals surface area contributed by atoms with Crippen molar-refractivity contribution in [1.29, 1.82) is 0 Å². The highest BCUT2D eigenvalue weighted by Gasteiger charge is 2.07. The molecule has 0 fully saturated rings. The third-order valence-corrected chi connectivity index (χ3v) is 3.00. The van der Waals surface area contributed by atoms with E-state index in [-0.39, 0.29) is 5.91 Å². The van der Waals surface area contributed by atoms with Gasteiger partial charge in [-0.15, -0.1) is 0 Å². The molecule has 1 amide bonds. The maximum atomic E-state index is 11.8. The van der Waals surface area contributed by atoms with Crippen molar-refractivity contribution < 1.29 is 19.4 Å². The number of hydrogen-bond donors (Lipinski definition) is 3. The molecule has 116 valence electrons. The minimum Gasteiger partial charge on any atom is -0.482 e. The van der Waals surface area contributed by atoms with Crippen LogP contribution in [0.3, 0.4) is 0 Å². The van der Waals surface area contributed by atoms with Gasteiger partial charge in [-0.25, -0.2) is 4.79 Å². The standard InChI is InChI=1S/C15H22N2O4/c1-11(7-8-16)5-6-14(18)17-12-3-2-4-13(9-12)21-10-15(19)20/h2-4,9,11H,5-8,10,16H2,1H3,(H,17,18)(H,19,20). The fourth-order valence-electron chi connectivity index (χ4n) is 1.84. The number of carboxylic acids is 1. The van der Waals surface area contributed by atoms with Gasteiger partial charge in [-0.2, -0.15) is 0 Å². The number of amides is 1. The molecule has 0 saturated carbocycles. The second kappa shape index (κ2) is 8.97. The Kier molecular flexibility index (Phi) is 7.25. The van der Waals surface area contributed by atoms with E-state index in [2.05, 4.69) is 12.2 Å². The molecule has 0 aromatic heterocycles. The molecule has 1 aromatic rings. The summed E-state index contributed by atoms with van der Waals surface area (Å²) in [6.45, 7) is 2.29. The highest BCUT2D eigenvalue weighted by molar-refractivity contribution is 5.90. The Morgan fingerprint density at radius 1 is 1.38 bits per heavy atom. The molecule has 0 radical (unpaired) electrons. The summed E-state index contributed by atoms with van der Waals surface area (Å²) in [5.74, 6) is -0.287. The van der Waals surface area contributed by atoms with E-state index in [1.54, 1.807) is 24.3 Å². The van der Waals surface area contributed by atoms with Gasteiger partial charge in [-0.1, -0.05) is 13.0 Å². The van der Waals surface area contributed by atoms with Crippen LogP contribution < -0.4 is 15.8 Å². The summed E-state index contributed by atoms with van der Waals surface area (Å²) in [7, 11) is 0. The van der Waals surface area contributed by atoms with Crippen molar-refractivity contribution in [2.75, 3.05) is 18.5 Å². The molecule has 4 N–H and O–H groups in total. The van der Waals surface area contributed by atoms with Crippen LogP contribution in [0.5, 0.6) is 5.75 Å². The quantitative estimate of drug-likeness (QED) is 0.645. The van der Waals surface area contributed by atoms with Gasteiger partial charge in [0.1, 0.15) is 5.75 Å². The molecule has 6 nitrogen and oxygen atoms in total. The maximum Gasteiger partial charge on any atom is 0.341 e. The third-order valence-electron chi connectivity index (χ3n) is 3.00. The molecule has 0 bridgehead atoms. The first kappa shape index (κ1) is 17.0. The van der Waals surface area contributed by atoms with E-state index in [0.29, 0.717) is 30.3 Å². The third kappa shape index (κ3) is 7.31. The molecular formula is C15H22N2O4. The summed E-state index contributed by atoms with van der Waals surface area (Å²) in [4.78, 5) is 22.3. The van der Waals surface area contributed by atoms with Crippen LogP contribution in [0.25, 0.3) is 0 Å². The first-order valence-corrected chi connectivity index (χ1v) is 6.96. The molecule has 0 aliphatic rings. The van der Waals surface area contributed by atoms with Crippen molar-refractivity contribution in [2.24, 2.45) is 11.7 Å². The first-order chi connectivity index (χ1) is 10.0. The van der Waals surface area contributed by atoms with Crippen molar-refractivity contribution in [2.45, 2.75) is 26.2 Å². The summed E-state index contributed by atoms with van der Waals surface area (Å²) in [6, 6.07) is 6.67. The number of carbonyl (C=O) groups excluding carboxylic acids is 1. The van der Waals surface area contributed by atoms with Gasteiger partial charge in [0.25, 0.3) is 0 Å². The summed E-state index contributed by atoms with van der Waals surface area (Å²) in [5, 5.41) is 11.3. The molecule has 1 unspecified atom stereocenters. The number of nitrogens with two attached hydrogens (primary N) is 1. The molecule has 6 heteroatoms. The van der Waals surface area contributed by atoms with Crippen molar-refractivity contribution in [3.8, 4) is 5.75 Å². The second-order valence-electron chi connectivity index (χ2n) is 4.98. The van der Waals surface area contributed by atoms with Crippen molar-refractivity contribution >= 4 is 17.6 Å². The Balaban J connectivity index is 2.44. The minimum atomic E-state index is -1.04. The maximum absolute atomic E-state index is 11.8. The van der Waals surface area contributed by atoms with Crippen LogP contribution in [-0.2, 0) is 9.59 Å². The van der Waals surface area contributed by atoms with Gasteiger partial charge < -0.3 is 20.9 Å². The van der Waals surface area contributed by atoms with E-state index in [0.717, 1.165) is 12.8 Å². The van der Waals surface area contributed by atoms with Gasteiger partial charge in [0.2, 0.25) is 5.91 Å². The predicted octanol–water partition coefficient (Wildman–Crippen LogP) is 1.85. The molecular weight excluding hydrogens is 272 g/mol. The van der Waals surface area contributed by atoms with Crippen LogP contribution in [0, 0.1) is 5.92 Å². The largest absolute Gasteiger partial charge is 0.482 e. The van der Waals surface area contributed by atoms with Gasteiger partial charge in [0.15, 0.2) is 6.61 Å². The number of anilines is 1. The Morgan fingerprint density at radius 2 is 2.14 bits per heavy atom. The summed E-state index contributed by atoms with van der Waals surface area (Å²) in [6.07, 6.45) is 2.13. The predicted molar refractivity (Wildman–Crippen MR) is 80.3 cm³/mol. The Bertz CT molecular complexity index is 476. The van der Waals surface area contributed by atoms with E-state index in [9.17, 15) is 9.59 Å². The summed E-state index contributed by atoms with van der Waals surface area (Å²) >= 11 is 0. The molecule has 1 rings (SSSR count). The zero-order chi connectivity index (χ0) is 15.7. The van der Waals surface area contributed by atoms with Crippen molar-refractivity contribution in [1.82, 2.24) is 0 Å². The van der Waals surface area contributed by atoms with Crippen LogP contribution in [0.15, 0.2) is 24.3 Å². The lowest BCUT2D eigenvalue weighted by molar-refractivity contribution is -0.139. The van der Waals surface area contributed by atoms with Gasteiger partial charge in [-0.05, 0) is 37.4 Å². The van der Waals surface area contributed by atoms with E-state index < -0.39 is 12.6 Å². The van der Waals surface area contributed by atoms with Crippen molar-refractivity contribution in [3.63, 3.8) is 0 Å². The van der Waals surface area contributed by atoms with E-state index in [1.807, 2.05) is 0 Å². The number of carbonyl (C=O) groups is 2. The van der Waals surface area contributed by atoms with Crippen LogP contribution in [0.1, 0.15) is 26.2 Å². The van der Waals surface area contributed by atoms with Gasteiger partial charge in [0, 0.05) is 18.2 Å². The van der Waals surface area contributed by atoms with Gasteiger partial charge in [-0.3, -0.25) is 4.79 Å². The normalized spacial score (nSPS) is 11.7. The minimum absolute atomic E-state index is 0.0748. The average molecular weight is 294 g/mol. The van der Waals surface area contributed by atoms with Crippen LogP contribution in [-0.4, -0.2) is 30.1 Å². The lowest BCUT2D eigenvalue weighted by Crippen LogP contribution is -2.14. The first-order valence-electron chi connectivity index (χ1n) is 6.96. The fourth-order valence-corrected chi connectivity index (χ4v) is 1.84. The van der Waals surface area contributed by atoms with Crippen LogP contribution >= 0.6 is 0 Å². The highest BCUT2D eigenvalue weighted by atomic mass is 16.5. The number of ether oxygens (including phenoxy) is 1. The van der Waals surface area contributed by atoms with E-state index >= 15 is 0 Å². The molecule has 0 heterocycles. The number of aliphatic carboxylic acids is 1. The molecule has 0 aliphatic carbocycles. The fraction of sp³-hybridized carbons (Fsp3) is 0.467. The number of rotatable bonds is 9. The second-order valence-corrected chi connectivity index (χ2v) is 4.98. The number of benzene rings is 1. The lowest BCUT2D eigenvalue weighted by atomic mass is 10.0. The molecule has 0 spiro atoms. The van der Waals surface area contributed by atoms with E-state index in [1.165, 1.54) is 0 Å². The molecule has 0 aliphatic heterocycles. The van der Waals surface area contributed by atoms with E-state index in [4.69, 9.17) is 15.6 Å². The number of carboxylic acid groups (broad SMARTS) is 1. The smallest absolute Gasteiger partial charge is 0.341 e. The highest BCUT2D eigenvalue weighted by Crippen LogP contribution is 2.18. The monoisotopic (exact) mass is 294 g/mol. The zero-order valence-electron chi connectivity index (χ0n) is 12.2. The molecule has 1 atom stereocenters. The van der Waals surface area contributed by atoms with Crippen LogP contribution in [0.4, 0.5) is 5.69 Å².